The molecule has 0 aliphatic heterocycles. The van der Waals surface area contributed by atoms with Gasteiger partial charge in [-0.15, -0.1) is 11.3 Å². The van der Waals surface area contributed by atoms with Gasteiger partial charge in [-0.3, -0.25) is 19.7 Å². The van der Waals surface area contributed by atoms with Gasteiger partial charge < -0.3 is 0 Å². The standard InChI is InChI=1S/C19H12N4O4S/c1-11(24)17-14(18(25)19-20-15-7-2-3-8-16(15)28-19)10-22(21-17)12-5-4-6-13(9-12)23(26)27/h2-10H,1H3. The Morgan fingerprint density at radius 1 is 1.14 bits per heavy atom. The fourth-order valence-corrected chi connectivity index (χ4v) is 3.69. The zero-order chi connectivity index (χ0) is 19.8. The van der Waals surface area contributed by atoms with E-state index >= 15 is 0 Å². The summed E-state index contributed by atoms with van der Waals surface area (Å²) < 4.78 is 2.16. The molecule has 0 spiro atoms. The fourth-order valence-electron chi connectivity index (χ4n) is 2.77. The Balaban J connectivity index is 1.80. The van der Waals surface area contributed by atoms with Crippen molar-refractivity contribution in [2.45, 2.75) is 6.92 Å². The minimum absolute atomic E-state index is 0.00392. The molecule has 4 aromatic rings. The lowest BCUT2D eigenvalue weighted by Crippen LogP contribution is -2.06. The molecule has 0 radical (unpaired) electrons. The van der Waals surface area contributed by atoms with Crippen LogP contribution >= 0.6 is 11.3 Å². The topological polar surface area (TPSA) is 108 Å². The molecule has 0 N–H and O–H groups in total. The van der Waals surface area contributed by atoms with Crippen molar-refractivity contribution in [3.05, 3.63) is 81.1 Å². The molecule has 0 saturated carbocycles. The van der Waals surface area contributed by atoms with Crippen molar-refractivity contribution in [2.24, 2.45) is 0 Å². The average molecular weight is 392 g/mol. The van der Waals surface area contributed by atoms with Gasteiger partial charge in [0, 0.05) is 25.3 Å². The van der Waals surface area contributed by atoms with Gasteiger partial charge in [-0.25, -0.2) is 9.67 Å². The molecule has 0 atom stereocenters. The quantitative estimate of drug-likeness (QED) is 0.290. The maximum atomic E-state index is 13.0. The Morgan fingerprint density at radius 3 is 2.64 bits per heavy atom. The van der Waals surface area contributed by atoms with Crippen LogP contribution in [-0.4, -0.2) is 31.3 Å². The van der Waals surface area contributed by atoms with E-state index in [4.69, 9.17) is 0 Å². The smallest absolute Gasteiger partial charge is 0.271 e. The Kier molecular flexibility index (Phi) is 4.28. The highest BCUT2D eigenvalue weighted by Gasteiger charge is 2.24. The lowest BCUT2D eigenvalue weighted by atomic mass is 10.1. The molecule has 138 valence electrons. The van der Waals surface area contributed by atoms with Crippen LogP contribution in [0.1, 0.15) is 32.8 Å². The molecule has 9 heteroatoms. The van der Waals surface area contributed by atoms with Gasteiger partial charge in [0.15, 0.2) is 10.8 Å². The summed E-state index contributed by atoms with van der Waals surface area (Å²) in [4.78, 5) is 39.9. The zero-order valence-corrected chi connectivity index (χ0v) is 15.3. The Bertz CT molecular complexity index is 1220. The first kappa shape index (κ1) is 17.7. The number of hydrogen-bond donors (Lipinski definition) is 0. The Morgan fingerprint density at radius 2 is 1.93 bits per heavy atom. The van der Waals surface area contributed by atoms with E-state index in [0.717, 1.165) is 4.70 Å². The molecule has 2 aromatic heterocycles. The van der Waals surface area contributed by atoms with E-state index in [-0.39, 0.29) is 27.7 Å². The normalized spacial score (nSPS) is 10.9. The van der Waals surface area contributed by atoms with Crippen molar-refractivity contribution >= 4 is 38.8 Å². The van der Waals surface area contributed by atoms with Crippen LogP contribution in [0, 0.1) is 10.1 Å². The highest BCUT2D eigenvalue weighted by atomic mass is 32.1. The predicted octanol–water partition coefficient (Wildman–Crippen LogP) is 3.82. The Labute approximate surface area is 162 Å². The summed E-state index contributed by atoms with van der Waals surface area (Å²) in [6.45, 7) is 1.31. The molecule has 28 heavy (non-hydrogen) atoms. The molecule has 0 amide bonds. The number of hydrogen-bond acceptors (Lipinski definition) is 7. The first-order valence-electron chi connectivity index (χ1n) is 8.20. The van der Waals surface area contributed by atoms with Gasteiger partial charge in [0.1, 0.15) is 5.69 Å². The fraction of sp³-hybridized carbons (Fsp3) is 0.0526. The molecule has 2 heterocycles. The van der Waals surface area contributed by atoms with E-state index in [2.05, 4.69) is 10.1 Å². The number of thiazole rings is 1. The first-order chi connectivity index (χ1) is 13.4. The van der Waals surface area contributed by atoms with E-state index in [9.17, 15) is 19.7 Å². The third-order valence-corrected chi connectivity index (χ3v) is 5.12. The van der Waals surface area contributed by atoms with Crippen LogP contribution in [-0.2, 0) is 0 Å². The van der Waals surface area contributed by atoms with E-state index in [1.807, 2.05) is 18.2 Å². The first-order valence-corrected chi connectivity index (χ1v) is 9.01. The summed E-state index contributed by atoms with van der Waals surface area (Å²) in [6.07, 6.45) is 1.41. The molecular formula is C19H12N4O4S. The monoisotopic (exact) mass is 392 g/mol. The predicted molar refractivity (Wildman–Crippen MR) is 103 cm³/mol. The van der Waals surface area contributed by atoms with Crippen LogP contribution in [0.4, 0.5) is 5.69 Å². The molecular weight excluding hydrogens is 380 g/mol. The van der Waals surface area contributed by atoms with Crippen LogP contribution in [0.3, 0.4) is 0 Å². The van der Waals surface area contributed by atoms with Crippen molar-refractivity contribution in [3.8, 4) is 5.69 Å². The second kappa shape index (κ2) is 6.78. The minimum Gasteiger partial charge on any atom is -0.293 e. The largest absolute Gasteiger partial charge is 0.293 e. The summed E-state index contributed by atoms with van der Waals surface area (Å²) in [5.74, 6) is -0.795. The van der Waals surface area contributed by atoms with Crippen molar-refractivity contribution in [1.82, 2.24) is 14.8 Å². The van der Waals surface area contributed by atoms with E-state index in [1.54, 1.807) is 12.1 Å². The number of ketones is 2. The number of nitrogens with zero attached hydrogens (tertiary/aromatic N) is 4. The van der Waals surface area contributed by atoms with E-state index in [1.165, 1.54) is 47.3 Å². The minimum atomic E-state index is -0.522. The van der Waals surface area contributed by atoms with Gasteiger partial charge in [0.25, 0.3) is 5.69 Å². The SMILES string of the molecule is CC(=O)c1nn(-c2cccc([N+](=O)[O-])c2)cc1C(=O)c1nc2ccccc2s1. The second-order valence-electron chi connectivity index (χ2n) is 5.98. The number of nitro groups is 1. The summed E-state index contributed by atoms with van der Waals surface area (Å²) in [6, 6.07) is 13.2. The average Bonchev–Trinajstić information content (AvgIpc) is 3.32. The molecule has 0 aliphatic rings. The zero-order valence-electron chi connectivity index (χ0n) is 14.5. The van der Waals surface area contributed by atoms with Crippen LogP contribution in [0.15, 0.2) is 54.7 Å². The third-order valence-electron chi connectivity index (χ3n) is 4.09. The van der Waals surface area contributed by atoms with Gasteiger partial charge in [-0.2, -0.15) is 5.10 Å². The van der Waals surface area contributed by atoms with Crippen molar-refractivity contribution in [1.29, 1.82) is 0 Å². The number of fused-ring (bicyclic) bond motifs is 1. The van der Waals surface area contributed by atoms with Crippen molar-refractivity contribution in [3.63, 3.8) is 0 Å². The van der Waals surface area contributed by atoms with E-state index < -0.39 is 10.7 Å². The van der Waals surface area contributed by atoms with Crippen LogP contribution < -0.4 is 0 Å². The molecule has 0 bridgehead atoms. The number of nitro benzene ring substituents is 1. The lowest BCUT2D eigenvalue weighted by molar-refractivity contribution is -0.384. The maximum absolute atomic E-state index is 13.0. The lowest BCUT2D eigenvalue weighted by Gasteiger charge is -2.00. The molecule has 2 aromatic carbocycles. The van der Waals surface area contributed by atoms with Gasteiger partial charge >= 0.3 is 0 Å². The van der Waals surface area contributed by atoms with Crippen molar-refractivity contribution < 1.29 is 14.5 Å². The van der Waals surface area contributed by atoms with Gasteiger partial charge in [0.05, 0.1) is 26.4 Å². The molecule has 0 saturated heterocycles. The Hall–Kier alpha value is -3.72. The maximum Gasteiger partial charge on any atom is 0.271 e. The number of non-ortho nitro benzene ring substituents is 1. The number of carbonyl (C=O) groups excluding carboxylic acids is 2. The molecule has 0 aliphatic carbocycles. The summed E-state index contributed by atoms with van der Waals surface area (Å²) in [7, 11) is 0. The molecule has 0 fully saturated rings. The third kappa shape index (κ3) is 3.08. The summed E-state index contributed by atoms with van der Waals surface area (Å²) in [5, 5.41) is 15.4. The summed E-state index contributed by atoms with van der Waals surface area (Å²) in [5.41, 5.74) is 1.07. The van der Waals surface area contributed by atoms with Crippen LogP contribution in [0.2, 0.25) is 0 Å². The van der Waals surface area contributed by atoms with Crippen LogP contribution in [0.25, 0.3) is 15.9 Å². The number of carbonyl (C=O) groups is 2. The number of aromatic nitrogens is 3. The van der Waals surface area contributed by atoms with Gasteiger partial charge in [0.2, 0.25) is 5.78 Å². The molecule has 8 nitrogen and oxygen atoms in total. The van der Waals surface area contributed by atoms with Crippen LogP contribution in [0.5, 0.6) is 0 Å². The van der Waals surface area contributed by atoms with Crippen molar-refractivity contribution in [2.75, 3.05) is 0 Å². The van der Waals surface area contributed by atoms with Gasteiger partial charge in [-0.1, -0.05) is 18.2 Å². The highest BCUT2D eigenvalue weighted by molar-refractivity contribution is 7.20. The highest BCUT2D eigenvalue weighted by Crippen LogP contribution is 2.26. The molecule has 4 rings (SSSR count). The number of para-hydroxylation sites is 1. The number of Topliss-reactive ketones (excluding diaryl/α,β-unsaturated/α-hetero) is 1. The van der Waals surface area contributed by atoms with E-state index in [0.29, 0.717) is 11.2 Å². The number of rotatable bonds is 5. The summed E-state index contributed by atoms with van der Waals surface area (Å²) >= 11 is 1.23. The number of benzene rings is 2. The molecule has 0 unspecified atom stereocenters. The van der Waals surface area contributed by atoms with Gasteiger partial charge in [-0.05, 0) is 18.2 Å². The second-order valence-corrected chi connectivity index (χ2v) is 7.02.